The minimum Gasteiger partial charge on any atom is -0.350 e. The van der Waals surface area contributed by atoms with Crippen LogP contribution in [0.1, 0.15) is 34.5 Å². The lowest BCUT2D eigenvalue weighted by Crippen LogP contribution is -2.41. The molecule has 3 heterocycles. The predicted octanol–water partition coefficient (Wildman–Crippen LogP) is 2.47. The number of carbonyl (C=O) groups is 1. The fourth-order valence-corrected chi connectivity index (χ4v) is 3.76. The summed E-state index contributed by atoms with van der Waals surface area (Å²) in [4.78, 5) is 19.6. The zero-order valence-corrected chi connectivity index (χ0v) is 15.6. The van der Waals surface area contributed by atoms with Gasteiger partial charge in [-0.2, -0.15) is 5.10 Å². The highest BCUT2D eigenvalue weighted by Crippen LogP contribution is 2.17. The molecule has 1 unspecified atom stereocenters. The lowest BCUT2D eigenvalue weighted by atomic mass is 10.1. The second-order valence-electron chi connectivity index (χ2n) is 7.17. The first-order valence-corrected chi connectivity index (χ1v) is 9.58. The summed E-state index contributed by atoms with van der Waals surface area (Å²) in [5.74, 6) is -0.0991. The lowest BCUT2D eigenvalue weighted by Gasteiger charge is -2.24. The molecule has 0 saturated carbocycles. The molecule has 1 saturated heterocycles. The number of rotatable bonds is 6. The van der Waals surface area contributed by atoms with Gasteiger partial charge in [0.05, 0.1) is 6.20 Å². The summed E-state index contributed by atoms with van der Waals surface area (Å²) in [7, 11) is 0. The summed E-state index contributed by atoms with van der Waals surface area (Å²) in [6.07, 6.45) is 6.78. The molecule has 1 fully saturated rings. The molecule has 0 aliphatic carbocycles. The van der Waals surface area contributed by atoms with Crippen molar-refractivity contribution in [1.82, 2.24) is 24.8 Å². The second-order valence-corrected chi connectivity index (χ2v) is 7.17. The van der Waals surface area contributed by atoms with E-state index in [0.717, 1.165) is 31.6 Å². The fraction of sp³-hybridized carbons (Fsp3) is 0.381. The maximum Gasteiger partial charge on any atom is 0.256 e. The maximum atomic E-state index is 12.7. The van der Waals surface area contributed by atoms with Gasteiger partial charge in [0, 0.05) is 31.0 Å². The van der Waals surface area contributed by atoms with E-state index < -0.39 is 0 Å². The van der Waals surface area contributed by atoms with Crippen LogP contribution in [-0.4, -0.2) is 51.1 Å². The highest BCUT2D eigenvalue weighted by molar-refractivity contribution is 5.99. The molecule has 0 bridgehead atoms. The Balaban J connectivity index is 1.35. The van der Waals surface area contributed by atoms with Crippen molar-refractivity contribution in [3.63, 3.8) is 0 Å². The third kappa shape index (κ3) is 4.01. The molecular weight excluding hydrogens is 338 g/mol. The predicted molar refractivity (Wildman–Crippen MR) is 105 cm³/mol. The molecule has 140 valence electrons. The number of amides is 1. The van der Waals surface area contributed by atoms with E-state index in [1.54, 1.807) is 10.7 Å². The van der Waals surface area contributed by atoms with Crippen LogP contribution in [0.5, 0.6) is 0 Å². The van der Waals surface area contributed by atoms with Gasteiger partial charge in [-0.15, -0.1) is 0 Å². The van der Waals surface area contributed by atoms with E-state index in [9.17, 15) is 4.79 Å². The summed E-state index contributed by atoms with van der Waals surface area (Å²) in [6.45, 7) is 4.71. The molecular formula is C21H25N5O. The molecule has 1 N–H and O–H groups in total. The fourth-order valence-electron chi connectivity index (χ4n) is 3.76. The van der Waals surface area contributed by atoms with Gasteiger partial charge in [0.15, 0.2) is 5.65 Å². The minimum absolute atomic E-state index is 0.0991. The number of hydrogen-bond acceptors (Lipinski definition) is 4. The number of nitrogens with one attached hydrogen (secondary N) is 1. The highest BCUT2D eigenvalue weighted by Gasteiger charge is 2.25. The molecule has 6 nitrogen and oxygen atoms in total. The summed E-state index contributed by atoms with van der Waals surface area (Å²) >= 11 is 0. The van der Waals surface area contributed by atoms with E-state index in [4.69, 9.17) is 0 Å². The molecule has 27 heavy (non-hydrogen) atoms. The smallest absolute Gasteiger partial charge is 0.256 e. The Hall–Kier alpha value is -2.73. The van der Waals surface area contributed by atoms with Crippen LogP contribution in [0, 0.1) is 6.92 Å². The van der Waals surface area contributed by atoms with Gasteiger partial charge in [-0.05, 0) is 44.4 Å². The number of aromatic nitrogens is 3. The zero-order valence-electron chi connectivity index (χ0n) is 15.6. The molecule has 3 aromatic rings. The van der Waals surface area contributed by atoms with Crippen molar-refractivity contribution in [3.8, 4) is 0 Å². The molecule has 1 aromatic carbocycles. The van der Waals surface area contributed by atoms with Gasteiger partial charge >= 0.3 is 0 Å². The van der Waals surface area contributed by atoms with E-state index in [-0.39, 0.29) is 5.91 Å². The molecule has 1 amide bonds. The molecule has 2 aromatic heterocycles. The molecule has 1 aliphatic heterocycles. The summed E-state index contributed by atoms with van der Waals surface area (Å²) in [5.41, 5.74) is 3.38. The van der Waals surface area contributed by atoms with Gasteiger partial charge in [-0.3, -0.25) is 9.69 Å². The topological polar surface area (TPSA) is 62.5 Å². The Kier molecular flexibility index (Phi) is 5.16. The number of benzene rings is 1. The number of nitrogens with zero attached hydrogens (tertiary/aromatic N) is 4. The maximum absolute atomic E-state index is 12.7. The van der Waals surface area contributed by atoms with Crippen molar-refractivity contribution in [1.29, 1.82) is 0 Å². The van der Waals surface area contributed by atoms with Gasteiger partial charge in [0.2, 0.25) is 0 Å². The van der Waals surface area contributed by atoms with E-state index in [1.807, 2.05) is 19.2 Å². The van der Waals surface area contributed by atoms with Gasteiger partial charge in [-0.1, -0.05) is 30.3 Å². The van der Waals surface area contributed by atoms with Crippen LogP contribution in [0.2, 0.25) is 0 Å². The lowest BCUT2D eigenvalue weighted by molar-refractivity contribution is 0.0942. The molecule has 6 heteroatoms. The molecule has 1 aliphatic rings. The largest absolute Gasteiger partial charge is 0.350 e. The van der Waals surface area contributed by atoms with Crippen LogP contribution in [0.25, 0.3) is 5.65 Å². The van der Waals surface area contributed by atoms with Crippen molar-refractivity contribution >= 4 is 11.6 Å². The number of carbonyl (C=O) groups excluding carboxylic acids is 1. The van der Waals surface area contributed by atoms with Crippen LogP contribution in [0.15, 0.2) is 48.8 Å². The Labute approximate surface area is 159 Å². The van der Waals surface area contributed by atoms with Crippen LogP contribution < -0.4 is 5.32 Å². The number of fused-ring (bicyclic) bond motifs is 1. The van der Waals surface area contributed by atoms with Crippen LogP contribution in [-0.2, 0) is 6.42 Å². The van der Waals surface area contributed by atoms with E-state index in [0.29, 0.717) is 23.8 Å². The Morgan fingerprint density at radius 3 is 2.96 bits per heavy atom. The van der Waals surface area contributed by atoms with E-state index >= 15 is 0 Å². The van der Waals surface area contributed by atoms with E-state index in [1.165, 1.54) is 12.0 Å². The first-order chi connectivity index (χ1) is 13.2. The SMILES string of the molecule is Cc1ccn2ncc(C(=O)NCC3CCCN3CCc3ccccc3)c2n1. The molecule has 4 rings (SSSR count). The molecule has 1 atom stereocenters. The molecule has 0 spiro atoms. The van der Waals surface area contributed by atoms with Crippen LogP contribution in [0.3, 0.4) is 0 Å². The normalized spacial score (nSPS) is 17.4. The van der Waals surface area contributed by atoms with E-state index in [2.05, 4.69) is 50.6 Å². The second kappa shape index (κ2) is 7.88. The standard InChI is InChI=1S/C21H25N5O/c1-16-9-13-26-20(24-16)19(15-23-26)21(27)22-14-18-8-5-11-25(18)12-10-17-6-3-2-4-7-17/h2-4,6-7,9,13,15,18H,5,8,10-12,14H2,1H3,(H,22,27). The van der Waals surface area contributed by atoms with Gasteiger partial charge in [-0.25, -0.2) is 9.50 Å². The summed E-state index contributed by atoms with van der Waals surface area (Å²) < 4.78 is 1.64. The first-order valence-electron chi connectivity index (χ1n) is 9.58. The van der Waals surface area contributed by atoms with Gasteiger partial charge in [0.25, 0.3) is 5.91 Å². The summed E-state index contributed by atoms with van der Waals surface area (Å²) in [6, 6.07) is 12.8. The van der Waals surface area contributed by atoms with Crippen LogP contribution >= 0.6 is 0 Å². The third-order valence-electron chi connectivity index (χ3n) is 5.28. The van der Waals surface area contributed by atoms with Gasteiger partial charge in [0.1, 0.15) is 5.56 Å². The monoisotopic (exact) mass is 363 g/mol. The highest BCUT2D eigenvalue weighted by atomic mass is 16.1. The first kappa shape index (κ1) is 17.7. The number of hydrogen-bond donors (Lipinski definition) is 1. The molecule has 0 radical (unpaired) electrons. The Morgan fingerprint density at radius 2 is 2.11 bits per heavy atom. The Bertz CT molecular complexity index is 921. The quantitative estimate of drug-likeness (QED) is 0.731. The zero-order chi connectivity index (χ0) is 18.6. The Morgan fingerprint density at radius 1 is 1.26 bits per heavy atom. The van der Waals surface area contributed by atoms with Crippen LogP contribution in [0.4, 0.5) is 0 Å². The van der Waals surface area contributed by atoms with Gasteiger partial charge < -0.3 is 5.32 Å². The number of aryl methyl sites for hydroxylation is 1. The minimum atomic E-state index is -0.0991. The number of likely N-dealkylation sites (tertiary alicyclic amines) is 1. The van der Waals surface area contributed by atoms with Crippen molar-refractivity contribution in [2.45, 2.75) is 32.2 Å². The van der Waals surface area contributed by atoms with Crippen molar-refractivity contribution in [2.24, 2.45) is 0 Å². The van der Waals surface area contributed by atoms with Crippen molar-refractivity contribution in [2.75, 3.05) is 19.6 Å². The van der Waals surface area contributed by atoms with Crippen molar-refractivity contribution < 1.29 is 4.79 Å². The average Bonchev–Trinajstić information content (AvgIpc) is 3.31. The average molecular weight is 363 g/mol. The van der Waals surface area contributed by atoms with Crippen molar-refractivity contribution in [3.05, 3.63) is 65.6 Å². The summed E-state index contributed by atoms with van der Waals surface area (Å²) in [5, 5.41) is 7.31. The third-order valence-corrected chi connectivity index (χ3v) is 5.28.